The van der Waals surface area contributed by atoms with Crippen LogP contribution in [0.15, 0.2) is 23.6 Å². The van der Waals surface area contributed by atoms with Crippen LogP contribution in [0.3, 0.4) is 0 Å². The molecule has 1 unspecified atom stereocenters. The third kappa shape index (κ3) is 4.49. The second-order valence-corrected chi connectivity index (χ2v) is 14.3. The monoisotopic (exact) mass is 371 g/mol. The van der Waals surface area contributed by atoms with Gasteiger partial charge in [0.25, 0.3) is 0 Å². The first-order valence-corrected chi connectivity index (χ1v) is 12.8. The highest BCUT2D eigenvalue weighted by Crippen LogP contribution is 2.42. The average molecular weight is 372 g/mol. The molecule has 0 aliphatic carbocycles. The van der Waals surface area contributed by atoms with Crippen LogP contribution >= 0.6 is 21.6 Å². The third-order valence-corrected chi connectivity index (χ3v) is 11.5. The largest absolute Gasteiger partial charge is 0.413 e. The minimum absolute atomic E-state index is 0.0380. The van der Waals surface area contributed by atoms with Crippen LogP contribution in [-0.4, -0.2) is 35.7 Å². The van der Waals surface area contributed by atoms with Crippen LogP contribution in [0, 0.1) is 5.92 Å². The Morgan fingerprint density at radius 1 is 1.30 bits per heavy atom. The van der Waals surface area contributed by atoms with E-state index in [1.807, 2.05) is 6.92 Å². The van der Waals surface area contributed by atoms with Crippen molar-refractivity contribution < 1.29 is 9.22 Å². The summed E-state index contributed by atoms with van der Waals surface area (Å²) in [6.45, 7) is 13.1. The van der Waals surface area contributed by atoms with Gasteiger partial charge in [-0.3, -0.25) is 4.79 Å². The van der Waals surface area contributed by atoms with E-state index in [0.717, 1.165) is 0 Å². The van der Waals surface area contributed by atoms with Gasteiger partial charge in [0.2, 0.25) is 5.91 Å². The molecule has 1 aromatic rings. The fourth-order valence-electron chi connectivity index (χ4n) is 2.05. The average Bonchev–Trinajstić information content (AvgIpc) is 2.42. The standard InChI is InChI=1S/C15H25N3O2S2Si/c1-10(20-23(5,6)15(2,3)4)11-12(19)18-13(11)21-22-14-16-8-7-9-17-14/h7-11,13H,1-6H3,(H,18,19)/t10?,11-,13+/m0/s1. The highest BCUT2D eigenvalue weighted by atomic mass is 33.1. The van der Waals surface area contributed by atoms with Gasteiger partial charge in [0.15, 0.2) is 13.5 Å². The lowest BCUT2D eigenvalue weighted by Crippen LogP contribution is -2.62. The van der Waals surface area contributed by atoms with Gasteiger partial charge in [-0.2, -0.15) is 0 Å². The summed E-state index contributed by atoms with van der Waals surface area (Å²) in [4.78, 5) is 20.4. The van der Waals surface area contributed by atoms with Gasteiger partial charge in [-0.1, -0.05) is 31.6 Å². The Morgan fingerprint density at radius 2 is 1.91 bits per heavy atom. The number of amides is 1. The fourth-order valence-corrected chi connectivity index (χ4v) is 5.84. The Balaban J connectivity index is 1.93. The molecule has 1 aromatic heterocycles. The fraction of sp³-hybridized carbons (Fsp3) is 0.667. The predicted molar refractivity (Wildman–Crippen MR) is 98.6 cm³/mol. The molecule has 8 heteroatoms. The van der Waals surface area contributed by atoms with E-state index in [-0.39, 0.29) is 28.3 Å². The highest BCUT2D eigenvalue weighted by molar-refractivity contribution is 8.76. The molecule has 23 heavy (non-hydrogen) atoms. The Hall–Kier alpha value is -0.573. The highest BCUT2D eigenvalue weighted by Gasteiger charge is 2.47. The van der Waals surface area contributed by atoms with E-state index < -0.39 is 8.32 Å². The van der Waals surface area contributed by atoms with Crippen molar-refractivity contribution in [3.8, 4) is 0 Å². The van der Waals surface area contributed by atoms with E-state index in [9.17, 15) is 4.79 Å². The molecular weight excluding hydrogens is 346 g/mol. The van der Waals surface area contributed by atoms with Crippen molar-refractivity contribution >= 4 is 35.8 Å². The van der Waals surface area contributed by atoms with Gasteiger partial charge in [-0.15, -0.1) is 0 Å². The summed E-state index contributed by atoms with van der Waals surface area (Å²) in [6, 6.07) is 1.79. The van der Waals surface area contributed by atoms with Gasteiger partial charge >= 0.3 is 0 Å². The molecule has 1 N–H and O–H groups in total. The van der Waals surface area contributed by atoms with Crippen molar-refractivity contribution in [1.82, 2.24) is 15.3 Å². The quantitative estimate of drug-likeness (QED) is 0.356. The summed E-state index contributed by atoms with van der Waals surface area (Å²) >= 11 is 0. The first-order valence-electron chi connectivity index (χ1n) is 7.70. The number of aromatic nitrogens is 2. The van der Waals surface area contributed by atoms with Crippen molar-refractivity contribution in [2.24, 2.45) is 5.92 Å². The van der Waals surface area contributed by atoms with E-state index in [2.05, 4.69) is 49.1 Å². The van der Waals surface area contributed by atoms with E-state index in [4.69, 9.17) is 4.43 Å². The van der Waals surface area contributed by atoms with Gasteiger partial charge in [0.1, 0.15) is 0 Å². The maximum Gasteiger partial charge on any atom is 0.229 e. The summed E-state index contributed by atoms with van der Waals surface area (Å²) in [6.07, 6.45) is 3.35. The molecule has 0 saturated carbocycles. The summed E-state index contributed by atoms with van der Waals surface area (Å²) in [5.41, 5.74) is 0. The number of nitrogens with one attached hydrogen (secondary N) is 1. The molecule has 1 saturated heterocycles. The zero-order chi connectivity index (χ0) is 17.3. The maximum absolute atomic E-state index is 12.0. The van der Waals surface area contributed by atoms with Gasteiger partial charge in [-0.05, 0) is 41.9 Å². The number of β-lactam (4-membered cyclic amide) rings is 1. The first-order chi connectivity index (χ1) is 10.6. The van der Waals surface area contributed by atoms with Gasteiger partial charge in [0, 0.05) is 12.4 Å². The molecule has 1 fully saturated rings. The zero-order valence-corrected chi connectivity index (χ0v) is 17.1. The van der Waals surface area contributed by atoms with E-state index in [1.54, 1.807) is 29.3 Å². The summed E-state index contributed by atoms with van der Waals surface area (Å²) in [5.74, 6) is -0.0476. The van der Waals surface area contributed by atoms with Crippen LogP contribution in [-0.2, 0) is 9.22 Å². The Morgan fingerprint density at radius 3 is 2.43 bits per heavy atom. The molecule has 0 bridgehead atoms. The summed E-state index contributed by atoms with van der Waals surface area (Å²) in [7, 11) is 1.19. The predicted octanol–water partition coefficient (Wildman–Crippen LogP) is 3.70. The van der Waals surface area contributed by atoms with Crippen LogP contribution in [0.25, 0.3) is 0 Å². The van der Waals surface area contributed by atoms with Crippen molar-refractivity contribution in [2.75, 3.05) is 0 Å². The number of nitrogens with zero attached hydrogens (tertiary/aromatic N) is 2. The van der Waals surface area contributed by atoms with Crippen molar-refractivity contribution in [3.63, 3.8) is 0 Å². The molecule has 3 atom stereocenters. The van der Waals surface area contributed by atoms with Gasteiger partial charge in [-0.25, -0.2) is 9.97 Å². The maximum atomic E-state index is 12.0. The van der Waals surface area contributed by atoms with E-state index in [0.29, 0.717) is 5.16 Å². The topological polar surface area (TPSA) is 64.1 Å². The summed E-state index contributed by atoms with van der Waals surface area (Å²) < 4.78 is 6.38. The zero-order valence-electron chi connectivity index (χ0n) is 14.5. The Bertz CT molecular complexity index is 551. The molecular formula is C15H25N3O2S2Si. The summed E-state index contributed by atoms with van der Waals surface area (Å²) in [5, 5.41) is 3.83. The molecule has 2 rings (SSSR count). The lowest BCUT2D eigenvalue weighted by atomic mass is 9.96. The van der Waals surface area contributed by atoms with Crippen molar-refractivity contribution in [1.29, 1.82) is 0 Å². The lowest BCUT2D eigenvalue weighted by Gasteiger charge is -2.44. The minimum atomic E-state index is -1.88. The molecule has 0 spiro atoms. The second kappa shape index (κ2) is 7.12. The number of hydrogen-bond donors (Lipinski definition) is 1. The first kappa shape index (κ1) is 18.8. The van der Waals surface area contributed by atoms with Crippen LogP contribution < -0.4 is 5.32 Å². The second-order valence-electron chi connectivity index (χ2n) is 7.25. The Kier molecular flexibility index (Phi) is 5.81. The molecule has 5 nitrogen and oxygen atoms in total. The third-order valence-electron chi connectivity index (χ3n) is 4.47. The van der Waals surface area contributed by atoms with Gasteiger partial charge in [0.05, 0.1) is 17.4 Å². The molecule has 0 aromatic carbocycles. The molecule has 0 radical (unpaired) electrons. The number of carbonyl (C=O) groups excluding carboxylic acids is 1. The Labute approximate surface area is 147 Å². The minimum Gasteiger partial charge on any atom is -0.413 e. The van der Waals surface area contributed by atoms with Crippen LogP contribution in [0.5, 0.6) is 0 Å². The molecule has 1 amide bonds. The van der Waals surface area contributed by atoms with Crippen LogP contribution in [0.2, 0.25) is 18.1 Å². The molecule has 1 aliphatic rings. The van der Waals surface area contributed by atoms with Crippen LogP contribution in [0.4, 0.5) is 0 Å². The number of rotatable bonds is 6. The molecule has 1 aliphatic heterocycles. The smallest absolute Gasteiger partial charge is 0.229 e. The van der Waals surface area contributed by atoms with Crippen molar-refractivity contribution in [3.05, 3.63) is 18.5 Å². The molecule has 2 heterocycles. The SMILES string of the molecule is CC(O[Si](C)(C)C(C)(C)C)[C@H]1C(=O)N[C@@H]1SSc1ncccn1. The van der Waals surface area contributed by atoms with Crippen molar-refractivity contribution in [2.45, 2.75) is 62.5 Å². The number of carbonyl (C=O) groups is 1. The normalized spacial score (nSPS) is 23.1. The lowest BCUT2D eigenvalue weighted by molar-refractivity contribution is -0.136. The van der Waals surface area contributed by atoms with E-state index in [1.165, 1.54) is 10.8 Å². The van der Waals surface area contributed by atoms with Gasteiger partial charge < -0.3 is 9.74 Å². The van der Waals surface area contributed by atoms with Crippen LogP contribution in [0.1, 0.15) is 27.7 Å². The molecule has 128 valence electrons. The van der Waals surface area contributed by atoms with E-state index >= 15 is 0 Å². The number of hydrogen-bond acceptors (Lipinski definition) is 6.